The van der Waals surface area contributed by atoms with Crippen LogP contribution in [0.4, 0.5) is 11.4 Å². The number of benzene rings is 1. The molecule has 1 saturated heterocycles. The number of halogens is 1. The zero-order valence-electron chi connectivity index (χ0n) is 13.5. The molecule has 23 heavy (non-hydrogen) atoms. The van der Waals surface area contributed by atoms with Gasteiger partial charge in [-0.2, -0.15) is 0 Å². The van der Waals surface area contributed by atoms with Crippen LogP contribution in [0.25, 0.3) is 0 Å². The molecule has 2 aliphatic heterocycles. The monoisotopic (exact) mass is 337 g/mol. The van der Waals surface area contributed by atoms with Crippen LogP contribution >= 0.6 is 12.4 Å². The molecule has 0 atom stereocenters. The molecule has 5 nitrogen and oxygen atoms in total. The molecule has 126 valence electrons. The third-order valence-electron chi connectivity index (χ3n) is 4.84. The number of likely N-dealkylation sites (tertiary alicyclic amines) is 1. The lowest BCUT2D eigenvalue weighted by Gasteiger charge is -2.36. The minimum Gasteiger partial charge on any atom is -0.398 e. The van der Waals surface area contributed by atoms with Crippen molar-refractivity contribution in [2.24, 2.45) is 5.92 Å². The van der Waals surface area contributed by atoms with E-state index in [9.17, 15) is 9.59 Å². The van der Waals surface area contributed by atoms with Gasteiger partial charge in [-0.05, 0) is 43.4 Å². The van der Waals surface area contributed by atoms with Gasteiger partial charge in [0.25, 0.3) is 0 Å². The summed E-state index contributed by atoms with van der Waals surface area (Å²) in [6.45, 7) is 3.72. The number of carbonyl (C=O) groups excluding carboxylic acids is 2. The summed E-state index contributed by atoms with van der Waals surface area (Å²) in [6.07, 6.45) is 3.41. The van der Waals surface area contributed by atoms with E-state index in [4.69, 9.17) is 5.73 Å². The molecule has 0 saturated carbocycles. The number of rotatable bonds is 1. The Balaban J connectivity index is 0.00000192. The number of nitrogen functional groups attached to an aromatic ring is 1. The molecule has 6 heteroatoms. The summed E-state index contributed by atoms with van der Waals surface area (Å²) in [6, 6.07) is 5.81. The molecule has 0 bridgehead atoms. The van der Waals surface area contributed by atoms with Crippen LogP contribution in [0, 0.1) is 5.92 Å². The summed E-state index contributed by atoms with van der Waals surface area (Å²) >= 11 is 0. The number of nitrogens with two attached hydrogens (primary N) is 1. The minimum absolute atomic E-state index is 0. The predicted octanol–water partition coefficient (Wildman–Crippen LogP) is 2.23. The summed E-state index contributed by atoms with van der Waals surface area (Å²) in [5.74, 6) is 0.305. The topological polar surface area (TPSA) is 66.6 Å². The Morgan fingerprint density at radius 1 is 1.17 bits per heavy atom. The molecular formula is C17H24ClN3O2. The Kier molecular flexibility index (Phi) is 5.52. The summed E-state index contributed by atoms with van der Waals surface area (Å²) in [5.41, 5.74) is 8.91. The first-order valence-corrected chi connectivity index (χ1v) is 8.02. The average Bonchev–Trinajstić information content (AvgIpc) is 2.54. The average molecular weight is 338 g/mol. The first-order chi connectivity index (χ1) is 10.6. The van der Waals surface area contributed by atoms with Crippen molar-refractivity contribution in [3.63, 3.8) is 0 Å². The van der Waals surface area contributed by atoms with Crippen LogP contribution in [0.1, 0.15) is 31.7 Å². The minimum atomic E-state index is 0. The maximum Gasteiger partial charge on any atom is 0.230 e. The Bertz CT molecular complexity index is 598. The fourth-order valence-electron chi connectivity index (χ4n) is 3.54. The van der Waals surface area contributed by atoms with Gasteiger partial charge in [-0.1, -0.05) is 6.07 Å². The summed E-state index contributed by atoms with van der Waals surface area (Å²) in [7, 11) is 0. The number of amides is 2. The van der Waals surface area contributed by atoms with E-state index in [1.54, 1.807) is 6.92 Å². The number of hydrogen-bond acceptors (Lipinski definition) is 3. The Morgan fingerprint density at radius 3 is 2.52 bits per heavy atom. The second-order valence-electron chi connectivity index (χ2n) is 6.22. The summed E-state index contributed by atoms with van der Waals surface area (Å²) in [5, 5.41) is 0. The van der Waals surface area contributed by atoms with Crippen molar-refractivity contribution >= 4 is 35.6 Å². The van der Waals surface area contributed by atoms with Crippen LogP contribution in [0.15, 0.2) is 18.2 Å². The van der Waals surface area contributed by atoms with Crippen molar-refractivity contribution < 1.29 is 9.59 Å². The number of nitrogens with zero attached hydrogens (tertiary/aromatic N) is 2. The number of anilines is 2. The SMILES string of the molecule is CC(=O)N1CCC(C(=O)N2CCCc3c(N)cccc32)CC1.Cl. The molecule has 2 N–H and O–H groups in total. The van der Waals surface area contributed by atoms with Crippen LogP contribution in [0.5, 0.6) is 0 Å². The molecule has 2 amide bonds. The smallest absolute Gasteiger partial charge is 0.230 e. The van der Waals surface area contributed by atoms with Gasteiger partial charge >= 0.3 is 0 Å². The van der Waals surface area contributed by atoms with E-state index in [1.807, 2.05) is 28.0 Å². The second-order valence-corrected chi connectivity index (χ2v) is 6.22. The maximum absolute atomic E-state index is 12.9. The highest BCUT2D eigenvalue weighted by atomic mass is 35.5. The fourth-order valence-corrected chi connectivity index (χ4v) is 3.54. The lowest BCUT2D eigenvalue weighted by molar-refractivity contribution is -0.133. The van der Waals surface area contributed by atoms with E-state index < -0.39 is 0 Å². The van der Waals surface area contributed by atoms with E-state index in [-0.39, 0.29) is 30.1 Å². The Morgan fingerprint density at radius 2 is 1.87 bits per heavy atom. The van der Waals surface area contributed by atoms with E-state index in [2.05, 4.69) is 0 Å². The highest BCUT2D eigenvalue weighted by molar-refractivity contribution is 5.97. The second kappa shape index (κ2) is 7.21. The zero-order chi connectivity index (χ0) is 15.7. The van der Waals surface area contributed by atoms with Crippen LogP contribution in [0.3, 0.4) is 0 Å². The van der Waals surface area contributed by atoms with Gasteiger partial charge in [-0.3, -0.25) is 9.59 Å². The van der Waals surface area contributed by atoms with Gasteiger partial charge in [-0.15, -0.1) is 12.4 Å². The van der Waals surface area contributed by atoms with E-state index >= 15 is 0 Å². The van der Waals surface area contributed by atoms with Gasteiger partial charge in [0.05, 0.1) is 0 Å². The van der Waals surface area contributed by atoms with Gasteiger partial charge in [0.1, 0.15) is 0 Å². The molecule has 0 aromatic heterocycles. The zero-order valence-corrected chi connectivity index (χ0v) is 14.3. The van der Waals surface area contributed by atoms with Crippen LogP contribution in [-0.4, -0.2) is 36.3 Å². The molecule has 1 fully saturated rings. The Hall–Kier alpha value is -1.75. The number of fused-ring (bicyclic) bond motifs is 1. The molecule has 0 spiro atoms. The van der Waals surface area contributed by atoms with Gasteiger partial charge in [0, 0.05) is 43.9 Å². The van der Waals surface area contributed by atoms with Crippen molar-refractivity contribution in [3.8, 4) is 0 Å². The van der Waals surface area contributed by atoms with Crippen molar-refractivity contribution in [3.05, 3.63) is 23.8 Å². The normalized spacial score (nSPS) is 18.1. The largest absolute Gasteiger partial charge is 0.398 e. The highest BCUT2D eigenvalue weighted by Gasteiger charge is 2.32. The van der Waals surface area contributed by atoms with Crippen LogP contribution in [-0.2, 0) is 16.0 Å². The first kappa shape index (κ1) is 17.6. The van der Waals surface area contributed by atoms with E-state index in [0.29, 0.717) is 13.1 Å². The molecule has 0 unspecified atom stereocenters. The molecule has 2 heterocycles. The number of carbonyl (C=O) groups is 2. The highest BCUT2D eigenvalue weighted by Crippen LogP contribution is 2.33. The third kappa shape index (κ3) is 3.44. The van der Waals surface area contributed by atoms with Crippen LogP contribution < -0.4 is 10.6 Å². The molecule has 2 aliphatic rings. The maximum atomic E-state index is 12.9. The summed E-state index contributed by atoms with van der Waals surface area (Å²) in [4.78, 5) is 28.0. The standard InChI is InChI=1S/C17H23N3O2.ClH/c1-12(21)19-10-7-13(8-11-19)17(22)20-9-3-4-14-15(18)5-2-6-16(14)20;/h2,5-6,13H,3-4,7-11,18H2,1H3;1H. The number of hydrogen-bond donors (Lipinski definition) is 1. The summed E-state index contributed by atoms with van der Waals surface area (Å²) < 4.78 is 0. The van der Waals surface area contributed by atoms with Gasteiger partial charge in [0.15, 0.2) is 0 Å². The van der Waals surface area contributed by atoms with Crippen LogP contribution in [0.2, 0.25) is 0 Å². The van der Waals surface area contributed by atoms with E-state index in [1.165, 1.54) is 0 Å². The van der Waals surface area contributed by atoms with Gasteiger partial charge in [0.2, 0.25) is 11.8 Å². The lowest BCUT2D eigenvalue weighted by Crippen LogP contribution is -2.45. The lowest BCUT2D eigenvalue weighted by atomic mass is 9.92. The number of piperidine rings is 1. The van der Waals surface area contributed by atoms with Gasteiger partial charge < -0.3 is 15.5 Å². The first-order valence-electron chi connectivity index (χ1n) is 8.02. The predicted molar refractivity (Wildman–Crippen MR) is 93.8 cm³/mol. The third-order valence-corrected chi connectivity index (χ3v) is 4.84. The molecule has 1 aromatic rings. The Labute approximate surface area is 143 Å². The fraction of sp³-hybridized carbons (Fsp3) is 0.529. The molecule has 0 radical (unpaired) electrons. The quantitative estimate of drug-likeness (QED) is 0.799. The molecular weight excluding hydrogens is 314 g/mol. The molecule has 3 rings (SSSR count). The van der Waals surface area contributed by atoms with Crippen molar-refractivity contribution in [2.75, 3.05) is 30.3 Å². The van der Waals surface area contributed by atoms with Crippen molar-refractivity contribution in [1.29, 1.82) is 0 Å². The molecule has 1 aromatic carbocycles. The molecule has 0 aliphatic carbocycles. The van der Waals surface area contributed by atoms with Gasteiger partial charge in [-0.25, -0.2) is 0 Å². The van der Waals surface area contributed by atoms with E-state index in [0.717, 1.165) is 49.2 Å². The van der Waals surface area contributed by atoms with Crippen molar-refractivity contribution in [1.82, 2.24) is 4.90 Å². The van der Waals surface area contributed by atoms with Crippen molar-refractivity contribution in [2.45, 2.75) is 32.6 Å².